The van der Waals surface area contributed by atoms with E-state index in [1.165, 1.54) is 0 Å². The Balaban J connectivity index is 1.18. The van der Waals surface area contributed by atoms with Gasteiger partial charge < -0.3 is 14.7 Å². The lowest BCUT2D eigenvalue weighted by atomic mass is 9.95. The molecule has 0 radical (unpaired) electrons. The molecule has 156 valence electrons. The summed E-state index contributed by atoms with van der Waals surface area (Å²) in [6.07, 6.45) is 3.17. The van der Waals surface area contributed by atoms with Crippen molar-refractivity contribution in [2.45, 2.75) is 12.8 Å². The first kappa shape index (κ1) is 19.4. The van der Waals surface area contributed by atoms with Crippen LogP contribution in [-0.2, 0) is 4.79 Å². The van der Waals surface area contributed by atoms with Crippen LogP contribution in [-0.4, -0.2) is 34.4 Å². The average Bonchev–Trinajstić information content (AvgIpc) is 3.54. The molecule has 1 aliphatic rings. The number of carbonyl (C=O) groups is 1. The van der Waals surface area contributed by atoms with Gasteiger partial charge in [0.1, 0.15) is 5.69 Å². The Labute approximate surface area is 183 Å². The van der Waals surface area contributed by atoms with E-state index in [-0.39, 0.29) is 11.8 Å². The van der Waals surface area contributed by atoms with Crippen molar-refractivity contribution >= 4 is 28.7 Å². The Hall–Kier alpha value is -3.52. The predicted octanol–water partition coefficient (Wildman–Crippen LogP) is 4.72. The van der Waals surface area contributed by atoms with E-state index < -0.39 is 0 Å². The minimum Gasteiger partial charge on any atom is -0.356 e. The van der Waals surface area contributed by atoms with Crippen LogP contribution in [0.3, 0.4) is 0 Å². The number of carbonyl (C=O) groups excluding carboxylic acids is 1. The molecular weight excluding hydrogens is 410 g/mol. The van der Waals surface area contributed by atoms with E-state index in [1.54, 1.807) is 23.6 Å². The lowest BCUT2D eigenvalue weighted by Crippen LogP contribution is -2.38. The highest BCUT2D eigenvalue weighted by molar-refractivity contribution is 7.13. The quantitative estimate of drug-likeness (QED) is 0.492. The van der Waals surface area contributed by atoms with Crippen molar-refractivity contribution in [1.29, 1.82) is 0 Å². The fourth-order valence-electron chi connectivity index (χ4n) is 3.78. The van der Waals surface area contributed by atoms with Crippen molar-refractivity contribution in [1.82, 2.24) is 15.4 Å². The molecule has 1 fully saturated rings. The molecular formula is C23H21N5O2S. The van der Waals surface area contributed by atoms with E-state index >= 15 is 0 Å². The molecule has 31 heavy (non-hydrogen) atoms. The summed E-state index contributed by atoms with van der Waals surface area (Å²) in [6.45, 7) is 1.56. The summed E-state index contributed by atoms with van der Waals surface area (Å²) in [5.41, 5.74) is 2.53. The SMILES string of the molecule is O=C(Nc1cccc(-c2ccno2)c1)C1CCN(c2ccc(-c3cccs3)nn2)CC1. The molecule has 1 N–H and O–H groups in total. The van der Waals surface area contributed by atoms with Gasteiger partial charge in [-0.05, 0) is 48.6 Å². The van der Waals surface area contributed by atoms with Gasteiger partial charge in [-0.2, -0.15) is 0 Å². The van der Waals surface area contributed by atoms with Crippen LogP contribution < -0.4 is 10.2 Å². The van der Waals surface area contributed by atoms with Crippen LogP contribution in [0.15, 0.2) is 70.7 Å². The summed E-state index contributed by atoms with van der Waals surface area (Å²) >= 11 is 1.65. The summed E-state index contributed by atoms with van der Waals surface area (Å²) < 4.78 is 5.20. The van der Waals surface area contributed by atoms with Crippen molar-refractivity contribution in [2.75, 3.05) is 23.3 Å². The number of rotatable bonds is 5. The van der Waals surface area contributed by atoms with Gasteiger partial charge in [0.25, 0.3) is 0 Å². The van der Waals surface area contributed by atoms with Crippen molar-refractivity contribution in [3.63, 3.8) is 0 Å². The summed E-state index contributed by atoms with van der Waals surface area (Å²) in [7, 11) is 0. The Kier molecular flexibility index (Phi) is 5.45. The van der Waals surface area contributed by atoms with Crippen molar-refractivity contribution in [3.8, 4) is 21.9 Å². The van der Waals surface area contributed by atoms with Crippen LogP contribution in [0.25, 0.3) is 21.9 Å². The summed E-state index contributed by atoms with van der Waals surface area (Å²) in [5.74, 6) is 1.56. The number of amides is 1. The molecule has 0 bridgehead atoms. The van der Waals surface area contributed by atoms with Crippen LogP contribution in [0.1, 0.15) is 12.8 Å². The third-order valence-corrected chi connectivity index (χ3v) is 6.36. The molecule has 4 aromatic rings. The predicted molar refractivity (Wildman–Crippen MR) is 121 cm³/mol. The van der Waals surface area contributed by atoms with E-state index in [1.807, 2.05) is 53.9 Å². The number of piperidine rings is 1. The fourth-order valence-corrected chi connectivity index (χ4v) is 4.47. The number of anilines is 2. The van der Waals surface area contributed by atoms with Crippen LogP contribution >= 0.6 is 11.3 Å². The normalized spacial score (nSPS) is 14.5. The molecule has 0 aliphatic carbocycles. The minimum atomic E-state index is -0.0245. The van der Waals surface area contributed by atoms with Crippen LogP contribution in [0.4, 0.5) is 11.5 Å². The van der Waals surface area contributed by atoms with Gasteiger partial charge in [-0.25, -0.2) is 0 Å². The number of nitrogens with one attached hydrogen (secondary N) is 1. The molecule has 1 aromatic carbocycles. The van der Waals surface area contributed by atoms with Gasteiger partial charge in [0.15, 0.2) is 11.6 Å². The second-order valence-electron chi connectivity index (χ2n) is 7.46. The Morgan fingerprint density at radius 3 is 2.68 bits per heavy atom. The summed E-state index contributed by atoms with van der Waals surface area (Å²) in [4.78, 5) is 16.1. The summed E-state index contributed by atoms with van der Waals surface area (Å²) in [5, 5.41) is 17.6. The van der Waals surface area contributed by atoms with E-state index in [0.29, 0.717) is 5.76 Å². The molecule has 8 heteroatoms. The number of benzene rings is 1. The topological polar surface area (TPSA) is 84.2 Å². The maximum atomic E-state index is 12.8. The smallest absolute Gasteiger partial charge is 0.227 e. The molecule has 0 atom stereocenters. The number of aromatic nitrogens is 3. The zero-order valence-corrected chi connectivity index (χ0v) is 17.6. The highest BCUT2D eigenvalue weighted by Gasteiger charge is 2.26. The molecule has 7 nitrogen and oxygen atoms in total. The number of thiophene rings is 1. The van der Waals surface area contributed by atoms with Gasteiger partial charge in [0, 0.05) is 36.3 Å². The zero-order chi connectivity index (χ0) is 21.0. The van der Waals surface area contributed by atoms with Gasteiger partial charge in [-0.3, -0.25) is 4.79 Å². The maximum Gasteiger partial charge on any atom is 0.227 e. The van der Waals surface area contributed by atoms with Gasteiger partial charge in [-0.1, -0.05) is 23.4 Å². The van der Waals surface area contributed by atoms with Gasteiger partial charge in [0.05, 0.1) is 11.1 Å². The minimum absolute atomic E-state index is 0.0245. The molecule has 0 spiro atoms. The largest absolute Gasteiger partial charge is 0.356 e. The van der Waals surface area contributed by atoms with Gasteiger partial charge in [-0.15, -0.1) is 21.5 Å². The van der Waals surface area contributed by atoms with Crippen molar-refractivity contribution in [2.24, 2.45) is 5.92 Å². The van der Waals surface area contributed by atoms with Crippen molar-refractivity contribution < 1.29 is 9.32 Å². The molecule has 1 aliphatic heterocycles. The third-order valence-electron chi connectivity index (χ3n) is 5.47. The maximum absolute atomic E-state index is 12.8. The Morgan fingerprint density at radius 2 is 1.97 bits per heavy atom. The van der Waals surface area contributed by atoms with E-state index in [2.05, 4.69) is 25.6 Å². The number of hydrogen-bond donors (Lipinski definition) is 1. The Morgan fingerprint density at radius 1 is 1.06 bits per heavy atom. The molecule has 1 amide bonds. The zero-order valence-electron chi connectivity index (χ0n) is 16.8. The second kappa shape index (κ2) is 8.69. The second-order valence-corrected chi connectivity index (χ2v) is 8.41. The third kappa shape index (κ3) is 4.34. The van der Waals surface area contributed by atoms with E-state index in [4.69, 9.17) is 4.52 Å². The first-order chi connectivity index (χ1) is 15.3. The van der Waals surface area contributed by atoms with Gasteiger partial charge in [0.2, 0.25) is 5.91 Å². The first-order valence-corrected chi connectivity index (χ1v) is 11.1. The average molecular weight is 432 g/mol. The highest BCUT2D eigenvalue weighted by atomic mass is 32.1. The Bertz CT molecular complexity index is 1140. The molecule has 0 saturated carbocycles. The number of nitrogens with zero attached hydrogens (tertiary/aromatic N) is 4. The van der Waals surface area contributed by atoms with Crippen molar-refractivity contribution in [3.05, 3.63) is 66.2 Å². The first-order valence-electron chi connectivity index (χ1n) is 10.2. The van der Waals surface area contributed by atoms with Crippen LogP contribution in [0, 0.1) is 5.92 Å². The molecule has 0 unspecified atom stereocenters. The monoisotopic (exact) mass is 431 g/mol. The molecule has 1 saturated heterocycles. The lowest BCUT2D eigenvalue weighted by Gasteiger charge is -2.31. The lowest BCUT2D eigenvalue weighted by molar-refractivity contribution is -0.120. The van der Waals surface area contributed by atoms with Gasteiger partial charge >= 0.3 is 0 Å². The highest BCUT2D eigenvalue weighted by Crippen LogP contribution is 2.27. The number of hydrogen-bond acceptors (Lipinski definition) is 7. The van der Waals surface area contributed by atoms with E-state index in [0.717, 1.165) is 53.6 Å². The molecule has 5 rings (SSSR count). The molecule has 4 heterocycles. The van der Waals surface area contributed by atoms with E-state index in [9.17, 15) is 4.79 Å². The molecule has 3 aromatic heterocycles. The fraction of sp³-hybridized carbons (Fsp3) is 0.217. The summed E-state index contributed by atoms with van der Waals surface area (Å²) in [6, 6.07) is 17.5. The van der Waals surface area contributed by atoms with Crippen LogP contribution in [0.5, 0.6) is 0 Å². The van der Waals surface area contributed by atoms with Crippen LogP contribution in [0.2, 0.25) is 0 Å². The standard InChI is InChI=1S/C23H21N5O2S/c29-23(25-18-4-1-3-17(15-18)20-8-11-24-30-20)16-9-12-28(13-10-16)22-7-6-19(26-27-22)21-5-2-14-31-21/h1-8,11,14-16H,9-10,12-13H2,(H,25,29).